The van der Waals surface area contributed by atoms with Gasteiger partial charge in [-0.3, -0.25) is 0 Å². The van der Waals surface area contributed by atoms with Gasteiger partial charge in [-0.05, 0) is 13.8 Å². The Kier molecular flexibility index (Phi) is 5.46. The largest absolute Gasteiger partial charge is 0.396 e. The Labute approximate surface area is 68.0 Å². The van der Waals surface area contributed by atoms with Gasteiger partial charge in [-0.15, -0.1) is 0 Å². The third-order valence-electron chi connectivity index (χ3n) is 1.69. The summed E-state index contributed by atoms with van der Waals surface area (Å²) in [6.45, 7) is 5.94. The monoisotopic (exact) mass is 162 g/mol. The molecule has 0 aliphatic heterocycles. The number of ether oxygens (including phenoxy) is 1. The van der Waals surface area contributed by atoms with E-state index in [9.17, 15) is 0 Å². The summed E-state index contributed by atoms with van der Waals surface area (Å²) >= 11 is 0. The molecule has 0 aromatic carbocycles. The second kappa shape index (κ2) is 5.52. The number of aliphatic hydroxyl groups is 2. The molecule has 0 bridgehead atoms. The Morgan fingerprint density at radius 3 is 2.18 bits per heavy atom. The van der Waals surface area contributed by atoms with Crippen LogP contribution in [0, 0.1) is 5.92 Å². The zero-order chi connectivity index (χ0) is 8.85. The van der Waals surface area contributed by atoms with Crippen LogP contribution in [0.2, 0.25) is 0 Å². The second-order valence-electron chi connectivity index (χ2n) is 3.05. The molecule has 0 aromatic heterocycles. The zero-order valence-electron chi connectivity index (χ0n) is 7.45. The maximum atomic E-state index is 8.87. The van der Waals surface area contributed by atoms with Gasteiger partial charge in [0.2, 0.25) is 0 Å². The zero-order valence-corrected chi connectivity index (χ0v) is 7.45. The fraction of sp³-hybridized carbons (Fsp3) is 1.00. The lowest BCUT2D eigenvalue weighted by atomic mass is 10.1. The lowest BCUT2D eigenvalue weighted by Gasteiger charge is -2.19. The van der Waals surface area contributed by atoms with Crippen LogP contribution in [0.15, 0.2) is 0 Å². The van der Waals surface area contributed by atoms with Crippen LogP contribution in [0.4, 0.5) is 0 Å². The molecule has 2 N–H and O–H groups in total. The first-order valence-electron chi connectivity index (χ1n) is 3.98. The molecule has 0 fully saturated rings. The third kappa shape index (κ3) is 5.18. The van der Waals surface area contributed by atoms with Crippen LogP contribution in [-0.2, 0) is 4.74 Å². The van der Waals surface area contributed by atoms with Crippen LogP contribution in [0.3, 0.4) is 0 Å². The maximum absolute atomic E-state index is 8.87. The van der Waals surface area contributed by atoms with Crippen molar-refractivity contribution in [3.63, 3.8) is 0 Å². The van der Waals surface area contributed by atoms with Crippen LogP contribution >= 0.6 is 0 Å². The first-order valence-corrected chi connectivity index (χ1v) is 3.98. The molecule has 0 aromatic rings. The number of rotatable bonds is 5. The summed E-state index contributed by atoms with van der Waals surface area (Å²) in [7, 11) is 0. The van der Waals surface area contributed by atoms with Crippen molar-refractivity contribution in [3.8, 4) is 0 Å². The van der Waals surface area contributed by atoms with Gasteiger partial charge in [-0.2, -0.15) is 0 Å². The Morgan fingerprint density at radius 1 is 1.27 bits per heavy atom. The van der Waals surface area contributed by atoms with Gasteiger partial charge in [0.15, 0.2) is 0 Å². The van der Waals surface area contributed by atoms with Gasteiger partial charge in [0.25, 0.3) is 0 Å². The van der Waals surface area contributed by atoms with Crippen LogP contribution in [0.25, 0.3) is 0 Å². The number of hydrogen-bond acceptors (Lipinski definition) is 3. The van der Waals surface area contributed by atoms with Gasteiger partial charge in [-0.1, -0.05) is 6.92 Å². The lowest BCUT2D eigenvalue weighted by Crippen LogP contribution is -2.24. The van der Waals surface area contributed by atoms with E-state index in [4.69, 9.17) is 14.9 Å². The van der Waals surface area contributed by atoms with Gasteiger partial charge in [0.05, 0.1) is 18.8 Å². The van der Waals surface area contributed by atoms with E-state index in [-0.39, 0.29) is 18.6 Å². The minimum absolute atomic E-state index is 0.00889. The fourth-order valence-corrected chi connectivity index (χ4v) is 0.604. The van der Waals surface area contributed by atoms with Gasteiger partial charge in [0.1, 0.15) is 0 Å². The molecular formula is C8H18O3. The molecule has 3 atom stereocenters. The molecule has 0 aliphatic rings. The van der Waals surface area contributed by atoms with Gasteiger partial charge >= 0.3 is 0 Å². The van der Waals surface area contributed by atoms with Crippen LogP contribution in [0.1, 0.15) is 20.8 Å². The van der Waals surface area contributed by atoms with Crippen molar-refractivity contribution in [2.75, 3.05) is 13.2 Å². The fourth-order valence-electron chi connectivity index (χ4n) is 0.604. The Bertz CT molecular complexity index is 93.3. The normalized spacial score (nSPS) is 19.4. The minimum Gasteiger partial charge on any atom is -0.396 e. The summed E-state index contributed by atoms with van der Waals surface area (Å²) < 4.78 is 5.25. The second-order valence-corrected chi connectivity index (χ2v) is 3.05. The molecule has 0 saturated carbocycles. The Balaban J connectivity index is 3.43. The molecule has 0 spiro atoms. The van der Waals surface area contributed by atoms with Gasteiger partial charge in [-0.25, -0.2) is 0 Å². The lowest BCUT2D eigenvalue weighted by molar-refractivity contribution is -0.0274. The average molecular weight is 162 g/mol. The standard InChI is InChI=1S/C8H18O3/c1-6(4-9)8(3)11-5-7(2)10/h6-10H,4-5H2,1-3H3. The van der Waals surface area contributed by atoms with Crippen molar-refractivity contribution >= 4 is 0 Å². The summed E-state index contributed by atoms with van der Waals surface area (Å²) in [5.74, 6) is 0.133. The molecular weight excluding hydrogens is 144 g/mol. The van der Waals surface area contributed by atoms with E-state index < -0.39 is 6.10 Å². The van der Waals surface area contributed by atoms with Crippen molar-refractivity contribution < 1.29 is 14.9 Å². The number of hydrogen-bond donors (Lipinski definition) is 2. The predicted molar refractivity (Wildman–Crippen MR) is 43.3 cm³/mol. The molecule has 0 amide bonds. The van der Waals surface area contributed by atoms with Crippen LogP contribution in [0.5, 0.6) is 0 Å². The van der Waals surface area contributed by atoms with Crippen molar-refractivity contribution in [2.24, 2.45) is 5.92 Å². The van der Waals surface area contributed by atoms with Crippen LogP contribution in [-0.4, -0.2) is 35.6 Å². The molecule has 11 heavy (non-hydrogen) atoms. The topological polar surface area (TPSA) is 49.7 Å². The highest BCUT2D eigenvalue weighted by Crippen LogP contribution is 2.05. The predicted octanol–water partition coefficient (Wildman–Crippen LogP) is 0.401. The van der Waals surface area contributed by atoms with E-state index in [2.05, 4.69) is 0 Å². The van der Waals surface area contributed by atoms with E-state index in [1.54, 1.807) is 6.92 Å². The maximum Gasteiger partial charge on any atom is 0.0745 e. The van der Waals surface area contributed by atoms with E-state index in [1.165, 1.54) is 0 Å². The molecule has 0 heterocycles. The first-order chi connectivity index (χ1) is 5.07. The summed E-state index contributed by atoms with van der Waals surface area (Å²) in [5, 5.41) is 17.6. The Morgan fingerprint density at radius 2 is 1.82 bits per heavy atom. The number of aliphatic hydroxyl groups excluding tert-OH is 2. The molecule has 3 heteroatoms. The molecule has 3 nitrogen and oxygen atoms in total. The average Bonchev–Trinajstić information content (AvgIpc) is 1.98. The van der Waals surface area contributed by atoms with Gasteiger partial charge in [0, 0.05) is 12.5 Å². The van der Waals surface area contributed by atoms with Crippen molar-refractivity contribution in [1.29, 1.82) is 0 Å². The highest BCUT2D eigenvalue weighted by Gasteiger charge is 2.11. The highest BCUT2D eigenvalue weighted by atomic mass is 16.5. The van der Waals surface area contributed by atoms with Crippen molar-refractivity contribution in [3.05, 3.63) is 0 Å². The highest BCUT2D eigenvalue weighted by molar-refractivity contribution is 4.59. The molecule has 68 valence electrons. The van der Waals surface area contributed by atoms with E-state index in [0.29, 0.717) is 6.61 Å². The molecule has 0 aliphatic carbocycles. The van der Waals surface area contributed by atoms with Gasteiger partial charge < -0.3 is 14.9 Å². The van der Waals surface area contributed by atoms with Crippen molar-refractivity contribution in [1.82, 2.24) is 0 Å². The minimum atomic E-state index is -0.427. The molecule has 0 saturated heterocycles. The van der Waals surface area contributed by atoms with E-state index >= 15 is 0 Å². The first kappa shape index (κ1) is 10.9. The third-order valence-corrected chi connectivity index (χ3v) is 1.69. The van der Waals surface area contributed by atoms with E-state index in [0.717, 1.165) is 0 Å². The summed E-state index contributed by atoms with van der Waals surface area (Å²) in [5.41, 5.74) is 0. The summed E-state index contributed by atoms with van der Waals surface area (Å²) in [6, 6.07) is 0. The summed E-state index contributed by atoms with van der Waals surface area (Å²) in [4.78, 5) is 0. The molecule has 0 rings (SSSR count). The smallest absolute Gasteiger partial charge is 0.0745 e. The molecule has 0 radical (unpaired) electrons. The van der Waals surface area contributed by atoms with E-state index in [1.807, 2.05) is 13.8 Å². The Hall–Kier alpha value is -0.120. The molecule has 3 unspecified atom stereocenters. The SMILES string of the molecule is CC(O)COC(C)C(C)CO. The quantitative estimate of drug-likeness (QED) is 0.615. The van der Waals surface area contributed by atoms with Crippen LogP contribution < -0.4 is 0 Å². The van der Waals surface area contributed by atoms with Crippen molar-refractivity contribution in [2.45, 2.75) is 33.0 Å². The summed E-state index contributed by atoms with van der Waals surface area (Å²) in [6.07, 6.45) is -0.419.